The van der Waals surface area contributed by atoms with Gasteiger partial charge in [-0.3, -0.25) is 0 Å². The van der Waals surface area contributed by atoms with Crippen LogP contribution in [-0.2, 0) is 0 Å². The first kappa shape index (κ1) is 8.41. The highest BCUT2D eigenvalue weighted by molar-refractivity contribution is 7.81. The largest absolute Gasteiger partial charge is 0.316 e. The molecule has 1 heterocycles. The van der Waals surface area contributed by atoms with E-state index in [0.717, 1.165) is 18.4 Å². The fourth-order valence-electron chi connectivity index (χ4n) is 1.64. The van der Waals surface area contributed by atoms with Crippen LogP contribution in [0.15, 0.2) is 0 Å². The number of nitrogens with one attached hydrogen (secondary N) is 1. The van der Waals surface area contributed by atoms with E-state index in [0.29, 0.717) is 5.25 Å². The maximum atomic E-state index is 4.53. The minimum Gasteiger partial charge on any atom is -0.316 e. The summed E-state index contributed by atoms with van der Waals surface area (Å²) in [5, 5.41) is 3.92. The Balaban J connectivity index is 2.40. The Labute approximate surface area is 69.0 Å². The third-order valence-electron chi connectivity index (χ3n) is 2.36. The summed E-state index contributed by atoms with van der Waals surface area (Å²) < 4.78 is 0. The van der Waals surface area contributed by atoms with Crippen molar-refractivity contribution in [2.45, 2.75) is 25.5 Å². The standard InChI is InChI=1S/C8H17NS/c1-6(2)7-3-4-9-5-8(7)10/h6-10H,3-5H2,1-2H3. The Morgan fingerprint density at radius 3 is 2.60 bits per heavy atom. The molecule has 0 bridgehead atoms. The lowest BCUT2D eigenvalue weighted by Gasteiger charge is -2.31. The summed E-state index contributed by atoms with van der Waals surface area (Å²) in [7, 11) is 0. The SMILES string of the molecule is CC(C)C1CCNCC1S. The first-order valence-corrected chi connectivity index (χ1v) is 4.62. The van der Waals surface area contributed by atoms with Crippen molar-refractivity contribution in [3.8, 4) is 0 Å². The normalized spacial score (nSPS) is 34.8. The van der Waals surface area contributed by atoms with Gasteiger partial charge in [0.15, 0.2) is 0 Å². The van der Waals surface area contributed by atoms with Crippen LogP contribution in [0.4, 0.5) is 0 Å². The molecule has 0 amide bonds. The summed E-state index contributed by atoms with van der Waals surface area (Å²) in [6, 6.07) is 0. The number of hydrogen-bond donors (Lipinski definition) is 2. The van der Waals surface area contributed by atoms with Gasteiger partial charge in [0.1, 0.15) is 0 Å². The van der Waals surface area contributed by atoms with Crippen molar-refractivity contribution in [2.24, 2.45) is 11.8 Å². The molecule has 60 valence electrons. The lowest BCUT2D eigenvalue weighted by atomic mass is 9.87. The summed E-state index contributed by atoms with van der Waals surface area (Å²) in [6.07, 6.45) is 1.30. The van der Waals surface area contributed by atoms with Crippen LogP contribution in [0.1, 0.15) is 20.3 Å². The zero-order valence-electron chi connectivity index (χ0n) is 6.80. The van der Waals surface area contributed by atoms with Crippen molar-refractivity contribution in [1.29, 1.82) is 0 Å². The van der Waals surface area contributed by atoms with Crippen LogP contribution in [0.2, 0.25) is 0 Å². The average Bonchev–Trinajstić information content (AvgIpc) is 1.88. The Bertz CT molecular complexity index is 103. The molecule has 0 saturated carbocycles. The molecule has 0 radical (unpaired) electrons. The van der Waals surface area contributed by atoms with Crippen LogP contribution < -0.4 is 5.32 Å². The van der Waals surface area contributed by atoms with Crippen molar-refractivity contribution in [1.82, 2.24) is 5.32 Å². The van der Waals surface area contributed by atoms with E-state index in [1.165, 1.54) is 13.0 Å². The van der Waals surface area contributed by atoms with E-state index in [-0.39, 0.29) is 0 Å². The van der Waals surface area contributed by atoms with Crippen molar-refractivity contribution >= 4 is 12.6 Å². The molecule has 0 aromatic carbocycles. The maximum absolute atomic E-state index is 4.53. The third kappa shape index (κ3) is 1.89. The highest BCUT2D eigenvalue weighted by atomic mass is 32.1. The van der Waals surface area contributed by atoms with E-state index in [1.54, 1.807) is 0 Å². The van der Waals surface area contributed by atoms with Crippen molar-refractivity contribution in [2.75, 3.05) is 13.1 Å². The Hall–Kier alpha value is 0.310. The minimum absolute atomic E-state index is 0.578. The molecule has 2 unspecified atom stereocenters. The lowest BCUT2D eigenvalue weighted by Crippen LogP contribution is -2.39. The molecule has 10 heavy (non-hydrogen) atoms. The van der Waals surface area contributed by atoms with Gasteiger partial charge >= 0.3 is 0 Å². The highest BCUT2D eigenvalue weighted by Gasteiger charge is 2.23. The van der Waals surface area contributed by atoms with Crippen molar-refractivity contribution in [3.05, 3.63) is 0 Å². The molecule has 0 spiro atoms. The molecule has 1 N–H and O–H groups in total. The summed E-state index contributed by atoms with van der Waals surface area (Å²) >= 11 is 4.53. The van der Waals surface area contributed by atoms with Gasteiger partial charge in [0.2, 0.25) is 0 Å². The van der Waals surface area contributed by atoms with Crippen LogP contribution in [0.5, 0.6) is 0 Å². The van der Waals surface area contributed by atoms with Gasteiger partial charge in [-0.1, -0.05) is 13.8 Å². The molecule has 1 rings (SSSR count). The molecule has 0 aliphatic carbocycles. The molecule has 1 aliphatic heterocycles. The van der Waals surface area contributed by atoms with E-state index in [1.807, 2.05) is 0 Å². The van der Waals surface area contributed by atoms with Crippen LogP contribution in [-0.4, -0.2) is 18.3 Å². The molecule has 0 aromatic heterocycles. The molecule has 1 nitrogen and oxygen atoms in total. The smallest absolute Gasteiger partial charge is 0.0173 e. The monoisotopic (exact) mass is 159 g/mol. The van der Waals surface area contributed by atoms with Gasteiger partial charge in [0.25, 0.3) is 0 Å². The molecule has 1 saturated heterocycles. The van der Waals surface area contributed by atoms with E-state index in [2.05, 4.69) is 31.8 Å². The Kier molecular flexibility index (Phi) is 3.05. The van der Waals surface area contributed by atoms with Crippen LogP contribution in [0.3, 0.4) is 0 Å². The number of piperidine rings is 1. The second-order valence-corrected chi connectivity index (χ2v) is 4.13. The first-order valence-electron chi connectivity index (χ1n) is 4.10. The van der Waals surface area contributed by atoms with Gasteiger partial charge < -0.3 is 5.32 Å². The molecule has 1 aliphatic rings. The molecular weight excluding hydrogens is 142 g/mol. The van der Waals surface area contributed by atoms with Crippen LogP contribution in [0, 0.1) is 11.8 Å². The summed E-state index contributed by atoms with van der Waals surface area (Å²) in [6.45, 7) is 6.85. The van der Waals surface area contributed by atoms with E-state index in [9.17, 15) is 0 Å². The molecular formula is C8H17NS. The Morgan fingerprint density at radius 1 is 1.50 bits per heavy atom. The Morgan fingerprint density at radius 2 is 2.20 bits per heavy atom. The maximum Gasteiger partial charge on any atom is 0.0173 e. The lowest BCUT2D eigenvalue weighted by molar-refractivity contribution is 0.303. The van der Waals surface area contributed by atoms with Crippen LogP contribution >= 0.6 is 12.6 Å². The predicted octanol–water partition coefficient (Wildman–Crippen LogP) is 1.55. The van der Waals surface area contributed by atoms with Gasteiger partial charge in [-0.2, -0.15) is 12.6 Å². The average molecular weight is 159 g/mol. The van der Waals surface area contributed by atoms with E-state index >= 15 is 0 Å². The second-order valence-electron chi connectivity index (χ2n) is 3.47. The molecule has 0 aromatic rings. The summed E-state index contributed by atoms with van der Waals surface area (Å²) in [5.41, 5.74) is 0. The number of hydrogen-bond acceptors (Lipinski definition) is 2. The fraction of sp³-hybridized carbons (Fsp3) is 1.00. The van der Waals surface area contributed by atoms with Crippen LogP contribution in [0.25, 0.3) is 0 Å². The molecule has 2 atom stereocenters. The zero-order chi connectivity index (χ0) is 7.56. The summed E-state index contributed by atoms with van der Waals surface area (Å²) in [5.74, 6) is 1.62. The van der Waals surface area contributed by atoms with Gasteiger partial charge in [0.05, 0.1) is 0 Å². The van der Waals surface area contributed by atoms with Gasteiger partial charge in [-0.25, -0.2) is 0 Å². The van der Waals surface area contributed by atoms with Gasteiger partial charge in [-0.05, 0) is 24.8 Å². The van der Waals surface area contributed by atoms with E-state index in [4.69, 9.17) is 0 Å². The van der Waals surface area contributed by atoms with Gasteiger partial charge in [0, 0.05) is 11.8 Å². The summed E-state index contributed by atoms with van der Waals surface area (Å²) in [4.78, 5) is 0. The second kappa shape index (κ2) is 3.63. The first-order chi connectivity index (χ1) is 4.72. The zero-order valence-corrected chi connectivity index (χ0v) is 7.70. The topological polar surface area (TPSA) is 12.0 Å². The van der Waals surface area contributed by atoms with E-state index < -0.39 is 0 Å². The molecule has 1 fully saturated rings. The fourth-order valence-corrected chi connectivity index (χ4v) is 2.26. The van der Waals surface area contributed by atoms with Crippen molar-refractivity contribution in [3.63, 3.8) is 0 Å². The number of thiol groups is 1. The third-order valence-corrected chi connectivity index (χ3v) is 2.92. The number of rotatable bonds is 1. The molecule has 2 heteroatoms. The van der Waals surface area contributed by atoms with Gasteiger partial charge in [-0.15, -0.1) is 0 Å². The highest BCUT2D eigenvalue weighted by Crippen LogP contribution is 2.24. The quantitative estimate of drug-likeness (QED) is 0.553. The van der Waals surface area contributed by atoms with Crippen molar-refractivity contribution < 1.29 is 0 Å². The minimum atomic E-state index is 0.578. The predicted molar refractivity (Wildman–Crippen MR) is 48.6 cm³/mol.